The standard InChI is InChI=1S/C49H99N3O2/c1-3-5-7-9-11-13-15-17-19-21-23-25-29-33-37-41-45-50-48(53)44-40-36-32-28-27-31-35-39-43-47-52-49(54)51-46-42-38-34-30-26-24-22-20-18-16-14-12-10-8-6-4-2/h3-47H2,1-2H3,(H,50,53)(H2,51,52,54). The van der Waals surface area contributed by atoms with Crippen LogP contribution in [-0.2, 0) is 4.79 Å². The van der Waals surface area contributed by atoms with Crippen LogP contribution in [-0.4, -0.2) is 31.6 Å². The minimum absolute atomic E-state index is 0.00450. The topological polar surface area (TPSA) is 70.2 Å². The molecule has 0 aromatic rings. The monoisotopic (exact) mass is 762 g/mol. The van der Waals surface area contributed by atoms with E-state index in [4.69, 9.17) is 0 Å². The quantitative estimate of drug-likeness (QED) is 0.0541. The summed E-state index contributed by atoms with van der Waals surface area (Å²) in [4.78, 5) is 24.2. The molecule has 0 aromatic heterocycles. The highest BCUT2D eigenvalue weighted by Gasteiger charge is 2.02. The van der Waals surface area contributed by atoms with E-state index < -0.39 is 0 Å². The third kappa shape index (κ3) is 46.9. The molecule has 0 aliphatic heterocycles. The highest BCUT2D eigenvalue weighted by atomic mass is 16.2. The lowest BCUT2D eigenvalue weighted by molar-refractivity contribution is -0.121. The van der Waals surface area contributed by atoms with Crippen LogP contribution in [0.3, 0.4) is 0 Å². The zero-order chi connectivity index (χ0) is 39.1. The van der Waals surface area contributed by atoms with Crippen LogP contribution in [0.15, 0.2) is 0 Å². The first kappa shape index (κ1) is 52.7. The van der Waals surface area contributed by atoms with Gasteiger partial charge in [-0.15, -0.1) is 0 Å². The molecule has 0 aliphatic rings. The number of rotatable bonds is 46. The number of amides is 3. The van der Waals surface area contributed by atoms with Crippen molar-refractivity contribution in [3.63, 3.8) is 0 Å². The van der Waals surface area contributed by atoms with E-state index in [0.717, 1.165) is 45.3 Å². The Bertz CT molecular complexity index is 670. The summed E-state index contributed by atoms with van der Waals surface area (Å²) in [5, 5.41) is 9.20. The van der Waals surface area contributed by atoms with Crippen molar-refractivity contribution in [2.45, 2.75) is 284 Å². The van der Waals surface area contributed by atoms with Crippen LogP contribution in [0.4, 0.5) is 4.79 Å². The molecule has 3 N–H and O–H groups in total. The van der Waals surface area contributed by atoms with Gasteiger partial charge >= 0.3 is 6.03 Å². The maximum Gasteiger partial charge on any atom is 0.314 e. The average Bonchev–Trinajstić information content (AvgIpc) is 3.17. The summed E-state index contributed by atoms with van der Waals surface area (Å²) >= 11 is 0. The zero-order valence-corrected chi connectivity index (χ0v) is 37.1. The highest BCUT2D eigenvalue weighted by molar-refractivity contribution is 5.75. The van der Waals surface area contributed by atoms with E-state index in [9.17, 15) is 9.59 Å². The van der Waals surface area contributed by atoms with E-state index in [2.05, 4.69) is 29.8 Å². The Morgan fingerprint density at radius 1 is 0.259 bits per heavy atom. The maximum absolute atomic E-state index is 12.1. The van der Waals surface area contributed by atoms with Gasteiger partial charge < -0.3 is 16.0 Å². The minimum atomic E-state index is 0.00450. The van der Waals surface area contributed by atoms with Gasteiger partial charge in [-0.1, -0.05) is 251 Å². The Balaban J connectivity index is 3.22. The summed E-state index contributed by atoms with van der Waals surface area (Å²) in [5.74, 6) is 0.249. The lowest BCUT2D eigenvalue weighted by Crippen LogP contribution is -2.36. The van der Waals surface area contributed by atoms with Gasteiger partial charge in [-0.25, -0.2) is 4.79 Å². The van der Waals surface area contributed by atoms with Gasteiger partial charge in [-0.05, 0) is 25.7 Å². The molecule has 54 heavy (non-hydrogen) atoms. The van der Waals surface area contributed by atoms with Crippen LogP contribution in [0, 0.1) is 0 Å². The van der Waals surface area contributed by atoms with Crippen molar-refractivity contribution >= 4 is 11.9 Å². The Morgan fingerprint density at radius 2 is 0.463 bits per heavy atom. The second-order valence-corrected chi connectivity index (χ2v) is 17.1. The lowest BCUT2D eigenvalue weighted by Gasteiger charge is -2.08. The maximum atomic E-state index is 12.1. The van der Waals surface area contributed by atoms with E-state index in [1.807, 2.05) is 0 Å². The molecule has 0 saturated carbocycles. The smallest absolute Gasteiger partial charge is 0.314 e. The molecule has 5 nitrogen and oxygen atoms in total. The van der Waals surface area contributed by atoms with Gasteiger partial charge in [0.25, 0.3) is 0 Å². The van der Waals surface area contributed by atoms with Crippen molar-refractivity contribution in [1.29, 1.82) is 0 Å². The number of urea groups is 1. The third-order valence-corrected chi connectivity index (χ3v) is 11.5. The predicted octanol–water partition coefficient (Wildman–Crippen LogP) is 15.8. The van der Waals surface area contributed by atoms with Gasteiger partial charge in [0.2, 0.25) is 5.91 Å². The van der Waals surface area contributed by atoms with Crippen LogP contribution < -0.4 is 16.0 Å². The summed E-state index contributed by atoms with van der Waals surface area (Å²) in [6, 6.07) is 0.00450. The SMILES string of the molecule is CCCCCCCCCCCCCCCCCCNC(=O)CCCCCCCCCCCNC(=O)NCCCCCCCCCCCCCCCCCC. The molecule has 0 bridgehead atoms. The van der Waals surface area contributed by atoms with Crippen molar-refractivity contribution in [3.05, 3.63) is 0 Å². The molecule has 0 spiro atoms. The molecule has 0 rings (SSSR count). The molecule has 0 saturated heterocycles. The molecule has 0 fully saturated rings. The number of unbranched alkanes of at least 4 members (excludes halogenated alkanes) is 38. The Kier molecular flexibility index (Phi) is 46.8. The highest BCUT2D eigenvalue weighted by Crippen LogP contribution is 2.16. The fourth-order valence-corrected chi connectivity index (χ4v) is 7.78. The van der Waals surface area contributed by atoms with Crippen molar-refractivity contribution in [1.82, 2.24) is 16.0 Å². The van der Waals surface area contributed by atoms with Crippen LogP contribution in [0.1, 0.15) is 284 Å². The number of carbonyl (C=O) groups is 2. The van der Waals surface area contributed by atoms with Crippen molar-refractivity contribution in [2.24, 2.45) is 0 Å². The predicted molar refractivity (Wildman–Crippen MR) is 240 cm³/mol. The first-order chi connectivity index (χ1) is 26.7. The summed E-state index contributed by atoms with van der Waals surface area (Å²) in [6.07, 6.45) is 55.7. The third-order valence-electron chi connectivity index (χ3n) is 11.5. The zero-order valence-electron chi connectivity index (χ0n) is 37.1. The fourth-order valence-electron chi connectivity index (χ4n) is 7.78. The Hall–Kier alpha value is -1.26. The molecule has 0 radical (unpaired) electrons. The Labute approximate surface area is 339 Å². The summed E-state index contributed by atoms with van der Waals surface area (Å²) in [5.41, 5.74) is 0. The molecule has 3 amide bonds. The molecule has 0 unspecified atom stereocenters. The minimum Gasteiger partial charge on any atom is -0.356 e. The van der Waals surface area contributed by atoms with E-state index in [-0.39, 0.29) is 11.9 Å². The molecule has 0 aliphatic carbocycles. The average molecular weight is 762 g/mol. The van der Waals surface area contributed by atoms with Gasteiger partial charge in [-0.3, -0.25) is 4.79 Å². The second-order valence-electron chi connectivity index (χ2n) is 17.1. The summed E-state index contributed by atoms with van der Waals surface area (Å²) < 4.78 is 0. The first-order valence-electron chi connectivity index (χ1n) is 25.0. The van der Waals surface area contributed by atoms with Crippen LogP contribution in [0.2, 0.25) is 0 Å². The summed E-state index contributed by atoms with van der Waals surface area (Å²) in [7, 11) is 0. The normalized spacial score (nSPS) is 11.3. The number of hydrogen-bond acceptors (Lipinski definition) is 2. The molecule has 0 heterocycles. The number of carbonyl (C=O) groups excluding carboxylic acids is 2. The van der Waals surface area contributed by atoms with Gasteiger partial charge in [0.05, 0.1) is 0 Å². The molecule has 5 heteroatoms. The second kappa shape index (κ2) is 47.9. The van der Waals surface area contributed by atoms with Crippen LogP contribution in [0.25, 0.3) is 0 Å². The summed E-state index contributed by atoms with van der Waals surface area (Å²) in [6.45, 7) is 7.02. The molecule has 0 atom stereocenters. The van der Waals surface area contributed by atoms with Crippen LogP contribution >= 0.6 is 0 Å². The van der Waals surface area contributed by atoms with Gasteiger partial charge in [0.1, 0.15) is 0 Å². The van der Waals surface area contributed by atoms with E-state index >= 15 is 0 Å². The lowest BCUT2D eigenvalue weighted by atomic mass is 10.0. The van der Waals surface area contributed by atoms with E-state index in [0.29, 0.717) is 6.42 Å². The van der Waals surface area contributed by atoms with E-state index in [1.165, 1.54) is 238 Å². The number of hydrogen-bond donors (Lipinski definition) is 3. The fraction of sp³-hybridized carbons (Fsp3) is 0.959. The van der Waals surface area contributed by atoms with Gasteiger partial charge in [0.15, 0.2) is 0 Å². The molecular weight excluding hydrogens is 663 g/mol. The van der Waals surface area contributed by atoms with Gasteiger partial charge in [0, 0.05) is 26.1 Å². The molecular formula is C49H99N3O2. The van der Waals surface area contributed by atoms with Crippen molar-refractivity contribution in [3.8, 4) is 0 Å². The van der Waals surface area contributed by atoms with E-state index in [1.54, 1.807) is 0 Å². The van der Waals surface area contributed by atoms with Crippen molar-refractivity contribution < 1.29 is 9.59 Å². The van der Waals surface area contributed by atoms with Crippen molar-refractivity contribution in [2.75, 3.05) is 19.6 Å². The van der Waals surface area contributed by atoms with Gasteiger partial charge in [-0.2, -0.15) is 0 Å². The first-order valence-corrected chi connectivity index (χ1v) is 25.0. The molecule has 0 aromatic carbocycles. The van der Waals surface area contributed by atoms with Crippen LogP contribution in [0.5, 0.6) is 0 Å². The largest absolute Gasteiger partial charge is 0.356 e. The Morgan fingerprint density at radius 3 is 0.722 bits per heavy atom. The molecule has 322 valence electrons. The number of nitrogens with one attached hydrogen (secondary N) is 3.